The van der Waals surface area contributed by atoms with Gasteiger partial charge in [0.15, 0.2) is 5.13 Å². The second-order valence-corrected chi connectivity index (χ2v) is 7.14. The van der Waals surface area contributed by atoms with Crippen molar-refractivity contribution in [1.29, 1.82) is 0 Å². The summed E-state index contributed by atoms with van der Waals surface area (Å²) < 4.78 is 5.47. The fourth-order valence-corrected chi connectivity index (χ4v) is 3.33. The SMILES string of the molecule is O=C(Cc1csc(NC(=O)Nc2ccc(Cl)cc2)n1)NCC1CCCO1. The van der Waals surface area contributed by atoms with Gasteiger partial charge in [0.2, 0.25) is 5.91 Å². The number of benzene rings is 1. The normalized spacial score (nSPS) is 16.3. The third-order valence-corrected chi connectivity index (χ3v) is 4.83. The molecule has 0 spiro atoms. The van der Waals surface area contributed by atoms with E-state index in [2.05, 4.69) is 20.9 Å². The predicted octanol–water partition coefficient (Wildman–Crippen LogP) is 3.28. The van der Waals surface area contributed by atoms with Gasteiger partial charge < -0.3 is 15.4 Å². The zero-order valence-corrected chi connectivity index (χ0v) is 15.5. The molecule has 7 nitrogen and oxygen atoms in total. The van der Waals surface area contributed by atoms with E-state index in [-0.39, 0.29) is 18.4 Å². The summed E-state index contributed by atoms with van der Waals surface area (Å²) in [5, 5.41) is 11.0. The number of hydrogen-bond acceptors (Lipinski definition) is 5. The first-order valence-corrected chi connectivity index (χ1v) is 9.50. The van der Waals surface area contributed by atoms with Crippen molar-refractivity contribution >= 4 is 45.7 Å². The first-order valence-electron chi connectivity index (χ1n) is 8.25. The number of halogens is 1. The third kappa shape index (κ3) is 5.69. The Morgan fingerprint density at radius 2 is 2.08 bits per heavy atom. The van der Waals surface area contributed by atoms with Crippen molar-refractivity contribution in [1.82, 2.24) is 10.3 Å². The maximum atomic E-state index is 12.0. The summed E-state index contributed by atoms with van der Waals surface area (Å²) in [5.41, 5.74) is 1.24. The zero-order chi connectivity index (χ0) is 18.4. The van der Waals surface area contributed by atoms with Gasteiger partial charge in [0.05, 0.1) is 18.2 Å². The Balaban J connectivity index is 1.43. The van der Waals surface area contributed by atoms with Crippen LogP contribution in [0.25, 0.3) is 0 Å². The largest absolute Gasteiger partial charge is 0.376 e. The summed E-state index contributed by atoms with van der Waals surface area (Å²) in [6.07, 6.45) is 2.31. The van der Waals surface area contributed by atoms with Crippen LogP contribution >= 0.6 is 22.9 Å². The quantitative estimate of drug-likeness (QED) is 0.701. The molecule has 3 amide bonds. The molecule has 0 aliphatic carbocycles. The molecule has 1 aliphatic rings. The number of nitrogens with zero attached hydrogens (tertiary/aromatic N) is 1. The van der Waals surface area contributed by atoms with Gasteiger partial charge in [0, 0.05) is 29.2 Å². The summed E-state index contributed by atoms with van der Waals surface area (Å²) in [5.74, 6) is -0.108. The van der Waals surface area contributed by atoms with Crippen molar-refractivity contribution < 1.29 is 14.3 Å². The van der Waals surface area contributed by atoms with Crippen LogP contribution in [0.3, 0.4) is 0 Å². The lowest BCUT2D eigenvalue weighted by Crippen LogP contribution is -2.32. The van der Waals surface area contributed by atoms with E-state index < -0.39 is 6.03 Å². The Hall–Kier alpha value is -2.16. The van der Waals surface area contributed by atoms with Crippen molar-refractivity contribution in [2.45, 2.75) is 25.4 Å². The second kappa shape index (κ2) is 8.98. The zero-order valence-electron chi connectivity index (χ0n) is 14.0. The summed E-state index contributed by atoms with van der Waals surface area (Å²) in [4.78, 5) is 28.2. The predicted molar refractivity (Wildman–Crippen MR) is 102 cm³/mol. The van der Waals surface area contributed by atoms with Crippen LogP contribution in [0, 0.1) is 0 Å². The molecule has 3 N–H and O–H groups in total. The average Bonchev–Trinajstić information content (AvgIpc) is 3.27. The van der Waals surface area contributed by atoms with E-state index >= 15 is 0 Å². The molecule has 138 valence electrons. The maximum absolute atomic E-state index is 12.0. The minimum Gasteiger partial charge on any atom is -0.376 e. The van der Waals surface area contributed by atoms with Crippen molar-refractivity contribution in [3.8, 4) is 0 Å². The molecule has 0 saturated carbocycles. The number of carbonyl (C=O) groups excluding carboxylic acids is 2. The Morgan fingerprint density at radius 3 is 2.81 bits per heavy atom. The number of ether oxygens (including phenoxy) is 1. The molecule has 1 aromatic heterocycles. The van der Waals surface area contributed by atoms with E-state index in [4.69, 9.17) is 16.3 Å². The van der Waals surface area contributed by atoms with Crippen LogP contribution in [0.1, 0.15) is 18.5 Å². The van der Waals surface area contributed by atoms with E-state index in [9.17, 15) is 9.59 Å². The molecule has 2 heterocycles. The van der Waals surface area contributed by atoms with E-state index in [0.717, 1.165) is 19.4 Å². The summed E-state index contributed by atoms with van der Waals surface area (Å²) in [6, 6.07) is 6.37. The Morgan fingerprint density at radius 1 is 1.27 bits per heavy atom. The standard InChI is InChI=1S/C17H19ClN4O3S/c18-11-3-5-12(6-4-11)20-16(24)22-17-21-13(10-26-17)8-15(23)19-9-14-2-1-7-25-14/h3-6,10,14H,1-2,7-9H2,(H,19,23)(H2,20,21,22,24). The number of thiazole rings is 1. The van der Waals surface area contributed by atoms with Crippen LogP contribution in [0.5, 0.6) is 0 Å². The lowest BCUT2D eigenvalue weighted by Gasteiger charge is -2.10. The van der Waals surface area contributed by atoms with Gasteiger partial charge in [-0.05, 0) is 37.1 Å². The summed E-state index contributed by atoms with van der Waals surface area (Å²) >= 11 is 7.07. The summed E-state index contributed by atoms with van der Waals surface area (Å²) in [7, 11) is 0. The topological polar surface area (TPSA) is 92.4 Å². The highest BCUT2D eigenvalue weighted by Gasteiger charge is 2.16. The molecule has 1 aliphatic heterocycles. The molecule has 1 fully saturated rings. The number of aromatic nitrogens is 1. The highest BCUT2D eigenvalue weighted by Crippen LogP contribution is 2.17. The van der Waals surface area contributed by atoms with Crippen LogP contribution in [0.2, 0.25) is 5.02 Å². The number of hydrogen-bond donors (Lipinski definition) is 3. The molecule has 1 saturated heterocycles. The third-order valence-electron chi connectivity index (χ3n) is 3.77. The molecule has 0 bridgehead atoms. The van der Waals surface area contributed by atoms with Crippen LogP contribution in [0.15, 0.2) is 29.6 Å². The molecule has 1 unspecified atom stereocenters. The number of rotatable bonds is 6. The van der Waals surface area contributed by atoms with Crippen LogP contribution < -0.4 is 16.0 Å². The van der Waals surface area contributed by atoms with Crippen molar-refractivity contribution in [2.75, 3.05) is 23.8 Å². The highest BCUT2D eigenvalue weighted by molar-refractivity contribution is 7.14. The number of amides is 3. The molecule has 1 atom stereocenters. The van der Waals surface area contributed by atoms with Crippen molar-refractivity contribution in [3.05, 3.63) is 40.4 Å². The molecule has 9 heteroatoms. The van der Waals surface area contributed by atoms with Gasteiger partial charge in [-0.3, -0.25) is 10.1 Å². The fourth-order valence-electron chi connectivity index (χ4n) is 2.50. The van der Waals surface area contributed by atoms with Gasteiger partial charge in [-0.25, -0.2) is 9.78 Å². The molecule has 2 aromatic rings. The first kappa shape index (κ1) is 18.6. The van der Waals surface area contributed by atoms with Gasteiger partial charge in [0.1, 0.15) is 0 Å². The highest BCUT2D eigenvalue weighted by atomic mass is 35.5. The van der Waals surface area contributed by atoms with Crippen LogP contribution in [-0.4, -0.2) is 36.2 Å². The van der Waals surface area contributed by atoms with E-state index in [1.807, 2.05) is 0 Å². The van der Waals surface area contributed by atoms with E-state index in [0.29, 0.717) is 28.1 Å². The van der Waals surface area contributed by atoms with Crippen molar-refractivity contribution in [2.24, 2.45) is 0 Å². The Labute approximate surface area is 160 Å². The molecule has 3 rings (SSSR count). The lowest BCUT2D eigenvalue weighted by molar-refractivity contribution is -0.121. The minimum absolute atomic E-state index is 0.108. The fraction of sp³-hybridized carbons (Fsp3) is 0.353. The lowest BCUT2D eigenvalue weighted by atomic mass is 10.2. The van der Waals surface area contributed by atoms with Crippen LogP contribution in [0.4, 0.5) is 15.6 Å². The molecule has 26 heavy (non-hydrogen) atoms. The van der Waals surface area contributed by atoms with Gasteiger partial charge in [-0.1, -0.05) is 11.6 Å². The van der Waals surface area contributed by atoms with Gasteiger partial charge in [-0.2, -0.15) is 0 Å². The maximum Gasteiger partial charge on any atom is 0.325 e. The van der Waals surface area contributed by atoms with Crippen LogP contribution in [-0.2, 0) is 16.0 Å². The Bertz CT molecular complexity index is 760. The second-order valence-electron chi connectivity index (χ2n) is 5.85. The first-order chi connectivity index (χ1) is 12.6. The molecule has 0 radical (unpaired) electrons. The van der Waals surface area contributed by atoms with Gasteiger partial charge in [-0.15, -0.1) is 11.3 Å². The van der Waals surface area contributed by atoms with Crippen molar-refractivity contribution in [3.63, 3.8) is 0 Å². The number of anilines is 2. The monoisotopic (exact) mass is 394 g/mol. The number of carbonyl (C=O) groups is 2. The molecular formula is C17H19ClN4O3S. The smallest absolute Gasteiger partial charge is 0.325 e. The van der Waals surface area contributed by atoms with Gasteiger partial charge >= 0.3 is 6.03 Å². The molecular weight excluding hydrogens is 376 g/mol. The minimum atomic E-state index is -0.406. The summed E-state index contributed by atoms with van der Waals surface area (Å²) in [6.45, 7) is 1.29. The van der Waals surface area contributed by atoms with E-state index in [1.54, 1.807) is 29.6 Å². The Kier molecular flexibility index (Phi) is 6.43. The number of urea groups is 1. The average molecular weight is 395 g/mol. The van der Waals surface area contributed by atoms with E-state index in [1.165, 1.54) is 11.3 Å². The van der Waals surface area contributed by atoms with Gasteiger partial charge in [0.25, 0.3) is 0 Å². The molecule has 1 aromatic carbocycles. The number of nitrogens with one attached hydrogen (secondary N) is 3.